The molecule has 0 spiro atoms. The summed E-state index contributed by atoms with van der Waals surface area (Å²) < 4.78 is 6.48. The van der Waals surface area contributed by atoms with Gasteiger partial charge in [0.25, 0.3) is 0 Å². The van der Waals surface area contributed by atoms with Crippen LogP contribution in [-0.4, -0.2) is 18.9 Å². The van der Waals surface area contributed by atoms with Gasteiger partial charge in [0, 0.05) is 40.8 Å². The maximum Gasteiger partial charge on any atom is 0.226 e. The van der Waals surface area contributed by atoms with Crippen LogP contribution in [0.2, 0.25) is 5.28 Å². The van der Waals surface area contributed by atoms with Crippen LogP contribution in [0.4, 0.5) is 11.5 Å². The molecule has 0 amide bonds. The Kier molecular flexibility index (Phi) is 5.16. The van der Waals surface area contributed by atoms with Crippen LogP contribution < -0.4 is 11.1 Å². The minimum Gasteiger partial charge on any atom is -0.383 e. The monoisotopic (exact) mass is 450 g/mol. The Labute approximate surface area is 190 Å². The lowest BCUT2D eigenvalue weighted by Gasteiger charge is -2.17. The molecular formula is C23H23ClN6S. The van der Waals surface area contributed by atoms with Crippen molar-refractivity contribution >= 4 is 45.7 Å². The highest BCUT2D eigenvalue weighted by Gasteiger charge is 2.29. The first-order valence-electron chi connectivity index (χ1n) is 10.2. The summed E-state index contributed by atoms with van der Waals surface area (Å²) in [5, 5.41) is 6.51. The van der Waals surface area contributed by atoms with E-state index in [9.17, 15) is 0 Å². The van der Waals surface area contributed by atoms with Gasteiger partial charge in [-0.15, -0.1) is 0 Å². The highest BCUT2D eigenvalue weighted by Crippen LogP contribution is 2.44. The van der Waals surface area contributed by atoms with E-state index in [1.54, 1.807) is 0 Å². The van der Waals surface area contributed by atoms with Crippen molar-refractivity contribution in [2.24, 2.45) is 0 Å². The zero-order valence-electron chi connectivity index (χ0n) is 17.2. The van der Waals surface area contributed by atoms with Crippen LogP contribution >= 0.6 is 23.1 Å². The normalized spacial score (nSPS) is 18.5. The Balaban J connectivity index is 1.47. The summed E-state index contributed by atoms with van der Waals surface area (Å²) in [7, 11) is 0. The highest BCUT2D eigenvalue weighted by molar-refractivity contribution is 7.03. The van der Waals surface area contributed by atoms with Gasteiger partial charge in [-0.3, -0.25) is 0 Å². The fourth-order valence-corrected chi connectivity index (χ4v) is 5.27. The Morgan fingerprint density at radius 3 is 2.90 bits per heavy atom. The molecule has 3 N–H and O–H groups in total. The van der Waals surface area contributed by atoms with Crippen LogP contribution in [0.5, 0.6) is 0 Å². The molecule has 0 radical (unpaired) electrons. The first kappa shape index (κ1) is 20.0. The van der Waals surface area contributed by atoms with E-state index in [4.69, 9.17) is 17.3 Å². The molecule has 31 heavy (non-hydrogen) atoms. The molecule has 2 unspecified atom stereocenters. The molecule has 2 atom stereocenters. The third kappa shape index (κ3) is 3.91. The van der Waals surface area contributed by atoms with E-state index in [-0.39, 0.29) is 5.28 Å². The van der Waals surface area contributed by atoms with Gasteiger partial charge in [-0.2, -0.15) is 4.98 Å². The van der Waals surface area contributed by atoms with Gasteiger partial charge >= 0.3 is 0 Å². The minimum absolute atomic E-state index is 0.187. The second-order valence-electron chi connectivity index (χ2n) is 8.16. The molecule has 1 saturated carbocycles. The first-order valence-corrected chi connectivity index (χ1v) is 11.5. The molecule has 5 rings (SSSR count). The molecule has 158 valence electrons. The topological polar surface area (TPSA) is 81.7 Å². The number of nitrogens with zero attached hydrogens (tertiary/aromatic N) is 4. The van der Waals surface area contributed by atoms with Crippen LogP contribution in [0.3, 0.4) is 0 Å². The molecule has 6 nitrogen and oxygen atoms in total. The van der Waals surface area contributed by atoms with E-state index >= 15 is 0 Å². The van der Waals surface area contributed by atoms with Crippen molar-refractivity contribution < 1.29 is 0 Å². The fourth-order valence-electron chi connectivity index (χ4n) is 4.56. The van der Waals surface area contributed by atoms with Gasteiger partial charge in [-0.1, -0.05) is 12.6 Å². The minimum atomic E-state index is 0.187. The molecule has 3 aromatic heterocycles. The van der Waals surface area contributed by atoms with Crippen LogP contribution in [0.25, 0.3) is 22.2 Å². The summed E-state index contributed by atoms with van der Waals surface area (Å²) in [6.07, 6.45) is 7.19. The zero-order valence-corrected chi connectivity index (χ0v) is 18.7. The number of anilines is 2. The number of aromatic nitrogens is 4. The Hall–Kier alpha value is -2.90. The SMILES string of the molecule is C=C(C)Nc1cc(-c2cnsc2)cc(C2CCC(n3ccc4c(N)nc(Cl)nc43)C2)c1. The highest BCUT2D eigenvalue weighted by atomic mass is 35.5. The fraction of sp³-hybridized carbons (Fsp3) is 0.261. The number of nitrogens with one attached hydrogen (secondary N) is 1. The van der Waals surface area contributed by atoms with Crippen LogP contribution in [0.1, 0.15) is 43.7 Å². The second-order valence-corrected chi connectivity index (χ2v) is 9.16. The van der Waals surface area contributed by atoms with E-state index in [2.05, 4.69) is 60.6 Å². The Bertz CT molecular complexity index is 1260. The van der Waals surface area contributed by atoms with Crippen molar-refractivity contribution in [2.45, 2.75) is 38.1 Å². The smallest absolute Gasteiger partial charge is 0.226 e. The lowest BCUT2D eigenvalue weighted by atomic mass is 9.93. The van der Waals surface area contributed by atoms with E-state index in [0.29, 0.717) is 17.8 Å². The first-order chi connectivity index (χ1) is 15.0. The Morgan fingerprint density at radius 2 is 2.13 bits per heavy atom. The average molecular weight is 451 g/mol. The molecular weight excluding hydrogens is 428 g/mol. The molecule has 3 heterocycles. The second kappa shape index (κ2) is 7.98. The van der Waals surface area contributed by atoms with Crippen molar-refractivity contribution in [3.05, 3.63) is 65.2 Å². The van der Waals surface area contributed by atoms with Crippen LogP contribution in [0.15, 0.2) is 54.3 Å². The molecule has 1 fully saturated rings. The standard InChI is InChI=1S/C23H23ClN6S/c1-13(2)27-18-8-15(7-16(9-18)17-11-26-31-12-17)14-3-4-19(10-14)30-6-5-20-21(25)28-23(24)29-22(20)30/h5-9,11-12,14,19,27H,1,3-4,10H2,2H3,(H2,25,28,29). The largest absolute Gasteiger partial charge is 0.383 e. The Morgan fingerprint density at radius 1 is 1.26 bits per heavy atom. The lowest BCUT2D eigenvalue weighted by Crippen LogP contribution is -2.06. The number of hydrogen-bond acceptors (Lipinski definition) is 6. The predicted molar refractivity (Wildman–Crippen MR) is 129 cm³/mol. The van der Waals surface area contributed by atoms with Crippen molar-refractivity contribution in [3.8, 4) is 11.1 Å². The van der Waals surface area contributed by atoms with E-state index in [0.717, 1.165) is 47.2 Å². The number of allylic oxidation sites excluding steroid dienone is 1. The predicted octanol–water partition coefficient (Wildman–Crippen LogP) is 6.24. The summed E-state index contributed by atoms with van der Waals surface area (Å²) in [5.41, 5.74) is 12.5. The van der Waals surface area contributed by atoms with Gasteiger partial charge in [0.2, 0.25) is 5.28 Å². The summed E-state index contributed by atoms with van der Waals surface area (Å²) in [5.74, 6) is 0.880. The van der Waals surface area contributed by atoms with Gasteiger partial charge in [-0.05, 0) is 84.6 Å². The van der Waals surface area contributed by atoms with Crippen molar-refractivity contribution in [3.63, 3.8) is 0 Å². The molecule has 0 aliphatic heterocycles. The number of hydrogen-bond donors (Lipinski definition) is 2. The number of benzene rings is 1. The zero-order chi connectivity index (χ0) is 21.5. The molecule has 4 aromatic rings. The lowest BCUT2D eigenvalue weighted by molar-refractivity contribution is 0.523. The number of nitrogens with two attached hydrogens (primary N) is 1. The van der Waals surface area contributed by atoms with Gasteiger partial charge in [0.15, 0.2) is 0 Å². The molecule has 0 bridgehead atoms. The maximum atomic E-state index is 6.08. The van der Waals surface area contributed by atoms with Gasteiger partial charge in [0.05, 0.1) is 5.39 Å². The van der Waals surface area contributed by atoms with E-state index < -0.39 is 0 Å². The summed E-state index contributed by atoms with van der Waals surface area (Å²) in [6.45, 7) is 5.97. The van der Waals surface area contributed by atoms with E-state index in [1.165, 1.54) is 22.7 Å². The number of nitrogen functional groups attached to an aromatic ring is 1. The number of fused-ring (bicyclic) bond motifs is 1. The van der Waals surface area contributed by atoms with E-state index in [1.807, 2.05) is 19.2 Å². The third-order valence-corrected chi connectivity index (χ3v) is 6.68. The maximum absolute atomic E-state index is 6.08. The molecule has 1 aliphatic rings. The molecule has 1 aromatic carbocycles. The van der Waals surface area contributed by atoms with Crippen LogP contribution in [-0.2, 0) is 0 Å². The summed E-state index contributed by atoms with van der Waals surface area (Å²) >= 11 is 7.55. The molecule has 8 heteroatoms. The summed E-state index contributed by atoms with van der Waals surface area (Å²) in [4.78, 5) is 8.52. The average Bonchev–Trinajstić information content (AvgIpc) is 3.47. The quantitative estimate of drug-likeness (QED) is 0.351. The van der Waals surface area contributed by atoms with Crippen molar-refractivity contribution in [2.75, 3.05) is 11.1 Å². The number of rotatable bonds is 5. The summed E-state index contributed by atoms with van der Waals surface area (Å²) in [6, 6.07) is 9.03. The van der Waals surface area contributed by atoms with Crippen LogP contribution in [0, 0.1) is 0 Å². The van der Waals surface area contributed by atoms with Gasteiger partial charge < -0.3 is 15.6 Å². The third-order valence-electron chi connectivity index (χ3n) is 5.92. The molecule has 1 aliphatic carbocycles. The number of halogens is 1. The van der Waals surface area contributed by atoms with Crippen molar-refractivity contribution in [1.29, 1.82) is 0 Å². The molecule has 0 saturated heterocycles. The van der Waals surface area contributed by atoms with Gasteiger partial charge in [-0.25, -0.2) is 9.36 Å². The van der Waals surface area contributed by atoms with Gasteiger partial charge in [0.1, 0.15) is 11.5 Å². The van der Waals surface area contributed by atoms with Crippen molar-refractivity contribution in [1.82, 2.24) is 18.9 Å².